The molecule has 1 atom stereocenters. The molecule has 0 aliphatic heterocycles. The van der Waals surface area contributed by atoms with E-state index in [4.69, 9.17) is 9.47 Å². The molecule has 0 bridgehead atoms. The number of rotatable bonds is 2. The van der Waals surface area contributed by atoms with Crippen LogP contribution in [0, 0.1) is 12.8 Å². The van der Waals surface area contributed by atoms with Gasteiger partial charge in [-0.05, 0) is 58.4 Å². The average molecular weight is 336 g/mol. The molecule has 2 nitrogen and oxygen atoms in total. The largest absolute Gasteiger partial charge is 0.496 e. The van der Waals surface area contributed by atoms with Crippen molar-refractivity contribution in [2.75, 3.05) is 14.2 Å². The Bertz CT molecular complexity index is 879. The molecule has 0 radical (unpaired) electrons. The van der Waals surface area contributed by atoms with Crippen LogP contribution < -0.4 is 0 Å². The number of hydrogen-bond acceptors (Lipinski definition) is 2. The first-order valence-electron chi connectivity index (χ1n) is 8.86. The Labute approximate surface area is 151 Å². The normalized spacial score (nSPS) is 17.5. The second-order valence-corrected chi connectivity index (χ2v) is 7.94. The zero-order valence-electron chi connectivity index (χ0n) is 16.4. The van der Waals surface area contributed by atoms with E-state index >= 15 is 0 Å². The summed E-state index contributed by atoms with van der Waals surface area (Å²) in [5, 5.41) is 2.51. The van der Waals surface area contributed by atoms with Gasteiger partial charge in [0.15, 0.2) is 0 Å². The zero-order chi connectivity index (χ0) is 18.4. The predicted octanol–water partition coefficient (Wildman–Crippen LogP) is 6.07. The maximum Gasteiger partial charge on any atom is 0.123 e. The van der Waals surface area contributed by atoms with Crippen molar-refractivity contribution in [2.45, 2.75) is 40.0 Å². The maximum absolute atomic E-state index is 5.74. The molecule has 1 aliphatic carbocycles. The molecule has 2 aromatic carbocycles. The monoisotopic (exact) mass is 336 g/mol. The lowest BCUT2D eigenvalue weighted by Gasteiger charge is -2.22. The van der Waals surface area contributed by atoms with Crippen LogP contribution in [0.25, 0.3) is 22.3 Å². The highest BCUT2D eigenvalue weighted by Crippen LogP contribution is 2.39. The van der Waals surface area contributed by atoms with Crippen molar-refractivity contribution in [1.29, 1.82) is 0 Å². The molecule has 3 rings (SSSR count). The fourth-order valence-electron chi connectivity index (χ4n) is 3.61. The summed E-state index contributed by atoms with van der Waals surface area (Å²) >= 11 is 0. The molecule has 0 fully saturated rings. The molecule has 0 saturated heterocycles. The fourth-order valence-corrected chi connectivity index (χ4v) is 3.61. The Balaban J connectivity index is 2.37. The number of benzene rings is 2. The smallest absolute Gasteiger partial charge is 0.123 e. The molecule has 0 amide bonds. The highest BCUT2D eigenvalue weighted by molar-refractivity contribution is 5.95. The first kappa shape index (κ1) is 17.6. The van der Waals surface area contributed by atoms with Crippen molar-refractivity contribution in [2.24, 2.45) is 5.92 Å². The summed E-state index contributed by atoms with van der Waals surface area (Å²) < 4.78 is 11.5. The van der Waals surface area contributed by atoms with Crippen molar-refractivity contribution in [3.8, 4) is 0 Å². The van der Waals surface area contributed by atoms with Gasteiger partial charge in [-0.1, -0.05) is 45.9 Å². The highest BCUT2D eigenvalue weighted by atomic mass is 16.5. The Morgan fingerprint density at radius 3 is 2.16 bits per heavy atom. The molecule has 1 unspecified atom stereocenters. The summed E-state index contributed by atoms with van der Waals surface area (Å²) in [5.41, 5.74) is 4.94. The van der Waals surface area contributed by atoms with Crippen molar-refractivity contribution in [1.82, 2.24) is 0 Å². The SMILES string of the molecule is COC1=CC(C)C=C(OC)c2c1cc1cc(C(C)(C)C)ccc1c2C. The van der Waals surface area contributed by atoms with Gasteiger partial charge in [-0.3, -0.25) is 0 Å². The molecule has 2 heteroatoms. The van der Waals surface area contributed by atoms with Crippen molar-refractivity contribution < 1.29 is 9.47 Å². The third-order valence-electron chi connectivity index (χ3n) is 5.05. The third kappa shape index (κ3) is 3.06. The van der Waals surface area contributed by atoms with Crippen LogP contribution >= 0.6 is 0 Å². The van der Waals surface area contributed by atoms with Gasteiger partial charge in [0.25, 0.3) is 0 Å². The van der Waals surface area contributed by atoms with Crippen LogP contribution in [-0.2, 0) is 14.9 Å². The molecular weight excluding hydrogens is 308 g/mol. The van der Waals surface area contributed by atoms with Gasteiger partial charge in [0.1, 0.15) is 11.5 Å². The van der Waals surface area contributed by atoms with Crippen molar-refractivity contribution >= 4 is 22.3 Å². The summed E-state index contributed by atoms with van der Waals surface area (Å²) in [6.45, 7) is 11.1. The third-order valence-corrected chi connectivity index (χ3v) is 5.05. The lowest BCUT2D eigenvalue weighted by molar-refractivity contribution is 0.364. The number of methoxy groups -OCH3 is 2. The minimum atomic E-state index is 0.126. The molecule has 0 heterocycles. The molecule has 0 aromatic heterocycles. The standard InChI is InChI=1S/C23H28O2/c1-14-10-20(24-6)19-13-16-12-17(23(3,4)5)8-9-18(16)15(2)22(19)21(11-14)25-7/h8-14H,1-7H3. The van der Waals surface area contributed by atoms with Gasteiger partial charge in [0.05, 0.1) is 14.2 Å². The Hall–Kier alpha value is -2.22. The molecule has 0 saturated carbocycles. The fraction of sp³-hybridized carbons (Fsp3) is 0.391. The number of hydrogen-bond donors (Lipinski definition) is 0. The van der Waals surface area contributed by atoms with E-state index in [1.807, 2.05) is 0 Å². The second-order valence-electron chi connectivity index (χ2n) is 7.94. The molecule has 2 aromatic rings. The van der Waals surface area contributed by atoms with E-state index in [9.17, 15) is 0 Å². The topological polar surface area (TPSA) is 18.5 Å². The first-order valence-corrected chi connectivity index (χ1v) is 8.86. The van der Waals surface area contributed by atoms with E-state index in [2.05, 4.69) is 71.0 Å². The van der Waals surface area contributed by atoms with Gasteiger partial charge >= 0.3 is 0 Å². The van der Waals surface area contributed by atoms with Crippen LogP contribution in [-0.4, -0.2) is 14.2 Å². The maximum atomic E-state index is 5.74. The van der Waals surface area contributed by atoms with Crippen LogP contribution in [0.5, 0.6) is 0 Å². The minimum absolute atomic E-state index is 0.126. The van der Waals surface area contributed by atoms with E-state index in [1.165, 1.54) is 21.9 Å². The summed E-state index contributed by atoms with van der Waals surface area (Å²) in [5.74, 6) is 2.09. The predicted molar refractivity (Wildman–Crippen MR) is 107 cm³/mol. The lowest BCUT2D eigenvalue weighted by atomic mass is 9.84. The van der Waals surface area contributed by atoms with Crippen LogP contribution in [0.2, 0.25) is 0 Å². The van der Waals surface area contributed by atoms with Gasteiger partial charge in [0.2, 0.25) is 0 Å². The van der Waals surface area contributed by atoms with Crippen LogP contribution in [0.15, 0.2) is 36.4 Å². The second kappa shape index (κ2) is 6.25. The molecular formula is C23H28O2. The molecule has 1 aliphatic rings. The van der Waals surface area contributed by atoms with E-state index in [0.717, 1.165) is 22.6 Å². The van der Waals surface area contributed by atoms with Crippen LogP contribution in [0.1, 0.15) is 49.9 Å². The van der Waals surface area contributed by atoms with Gasteiger partial charge < -0.3 is 9.47 Å². The molecule has 25 heavy (non-hydrogen) atoms. The summed E-state index contributed by atoms with van der Waals surface area (Å²) in [7, 11) is 3.48. The molecule has 0 spiro atoms. The van der Waals surface area contributed by atoms with Crippen molar-refractivity contribution in [3.63, 3.8) is 0 Å². The summed E-state index contributed by atoms with van der Waals surface area (Å²) in [6.07, 6.45) is 4.32. The van der Waals surface area contributed by atoms with Crippen molar-refractivity contribution in [3.05, 3.63) is 58.7 Å². The highest BCUT2D eigenvalue weighted by Gasteiger charge is 2.23. The Morgan fingerprint density at radius 1 is 0.920 bits per heavy atom. The van der Waals surface area contributed by atoms with Gasteiger partial charge in [-0.25, -0.2) is 0 Å². The van der Waals surface area contributed by atoms with E-state index < -0.39 is 0 Å². The number of aryl methyl sites for hydroxylation is 1. The van der Waals surface area contributed by atoms with Gasteiger partial charge in [0, 0.05) is 11.1 Å². The molecule has 132 valence electrons. The van der Waals surface area contributed by atoms with E-state index in [1.54, 1.807) is 14.2 Å². The Morgan fingerprint density at radius 2 is 1.56 bits per heavy atom. The van der Waals surface area contributed by atoms with Crippen LogP contribution in [0.4, 0.5) is 0 Å². The minimum Gasteiger partial charge on any atom is -0.496 e. The first-order chi connectivity index (χ1) is 11.8. The summed E-state index contributed by atoms with van der Waals surface area (Å²) in [4.78, 5) is 0. The van der Waals surface area contributed by atoms with Gasteiger partial charge in [-0.2, -0.15) is 0 Å². The molecule has 0 N–H and O–H groups in total. The zero-order valence-corrected chi connectivity index (χ0v) is 16.4. The van der Waals surface area contributed by atoms with Crippen LogP contribution in [0.3, 0.4) is 0 Å². The number of fused-ring (bicyclic) bond motifs is 2. The van der Waals surface area contributed by atoms with E-state index in [0.29, 0.717) is 0 Å². The Kier molecular flexibility index (Phi) is 4.40. The number of ether oxygens (including phenoxy) is 2. The van der Waals surface area contributed by atoms with E-state index in [-0.39, 0.29) is 11.3 Å². The van der Waals surface area contributed by atoms with Gasteiger partial charge in [-0.15, -0.1) is 0 Å². The number of allylic oxidation sites excluding steroid dienone is 2. The average Bonchev–Trinajstić information content (AvgIpc) is 2.70. The summed E-state index contributed by atoms with van der Waals surface area (Å²) in [6, 6.07) is 9.03. The quantitative estimate of drug-likeness (QED) is 0.662. The lowest BCUT2D eigenvalue weighted by Crippen LogP contribution is -2.11.